The molecule has 0 aliphatic heterocycles. The second-order valence-corrected chi connectivity index (χ2v) is 4.25. The molecule has 0 amide bonds. The molecule has 2 rings (SSSR count). The zero-order valence-electron chi connectivity index (χ0n) is 10.1. The third-order valence-electron chi connectivity index (χ3n) is 2.31. The predicted octanol–water partition coefficient (Wildman–Crippen LogP) is 2.93. The summed E-state index contributed by atoms with van der Waals surface area (Å²) in [7, 11) is 0. The number of rotatable bonds is 5. The Morgan fingerprint density at radius 1 is 1.33 bits per heavy atom. The fraction of sp³-hybridized carbons (Fsp3) is 0.231. The molecule has 18 heavy (non-hydrogen) atoms. The summed E-state index contributed by atoms with van der Waals surface area (Å²) in [6.07, 6.45) is 1.62. The maximum Gasteiger partial charge on any atom is 0.153 e. The third kappa shape index (κ3) is 3.89. The van der Waals surface area contributed by atoms with Crippen LogP contribution in [0.15, 0.2) is 36.5 Å². The van der Waals surface area contributed by atoms with Crippen molar-refractivity contribution in [3.05, 3.63) is 47.2 Å². The number of halogens is 1. The summed E-state index contributed by atoms with van der Waals surface area (Å²) in [5, 5.41) is 11.0. The van der Waals surface area contributed by atoms with Gasteiger partial charge in [-0.25, -0.2) is 0 Å². The van der Waals surface area contributed by atoms with Crippen LogP contribution in [0.25, 0.3) is 0 Å². The van der Waals surface area contributed by atoms with Crippen molar-refractivity contribution >= 4 is 17.3 Å². The average molecular weight is 264 g/mol. The molecule has 0 bridgehead atoms. The molecule has 0 radical (unpaired) electrons. The van der Waals surface area contributed by atoms with Crippen LogP contribution in [-0.2, 0) is 0 Å². The number of anilines is 1. The van der Waals surface area contributed by atoms with Gasteiger partial charge in [-0.05, 0) is 24.6 Å². The van der Waals surface area contributed by atoms with Crippen LogP contribution in [0.1, 0.15) is 5.56 Å². The summed E-state index contributed by atoms with van der Waals surface area (Å²) >= 11 is 5.73. The number of ether oxygens (including phenoxy) is 1. The normalized spacial score (nSPS) is 10.1. The van der Waals surface area contributed by atoms with E-state index in [0.717, 1.165) is 11.4 Å². The van der Waals surface area contributed by atoms with Crippen molar-refractivity contribution < 1.29 is 4.74 Å². The summed E-state index contributed by atoms with van der Waals surface area (Å²) in [4.78, 5) is 0. The van der Waals surface area contributed by atoms with Crippen LogP contribution in [0.3, 0.4) is 0 Å². The molecule has 1 aromatic carbocycles. The molecule has 5 heteroatoms. The number of nitrogens with one attached hydrogen (secondary N) is 1. The van der Waals surface area contributed by atoms with Crippen LogP contribution in [0, 0.1) is 6.92 Å². The van der Waals surface area contributed by atoms with Crippen molar-refractivity contribution in [3.8, 4) is 5.75 Å². The van der Waals surface area contributed by atoms with Crippen LogP contribution >= 0.6 is 11.6 Å². The van der Waals surface area contributed by atoms with Crippen molar-refractivity contribution in [1.82, 2.24) is 10.2 Å². The Balaban J connectivity index is 1.76. The quantitative estimate of drug-likeness (QED) is 0.843. The Hall–Kier alpha value is -1.81. The predicted molar refractivity (Wildman–Crippen MR) is 72.2 cm³/mol. The molecule has 0 spiro atoms. The molecule has 2 aromatic rings. The molecule has 4 nitrogen and oxygen atoms in total. The van der Waals surface area contributed by atoms with Gasteiger partial charge in [-0.2, -0.15) is 5.10 Å². The monoisotopic (exact) mass is 263 g/mol. The fourth-order valence-electron chi connectivity index (χ4n) is 1.51. The van der Waals surface area contributed by atoms with Crippen LogP contribution in [0.2, 0.25) is 5.15 Å². The molecule has 1 heterocycles. The molecule has 0 saturated carbocycles. The molecule has 0 saturated heterocycles. The van der Waals surface area contributed by atoms with Gasteiger partial charge in [0.1, 0.15) is 12.4 Å². The van der Waals surface area contributed by atoms with Gasteiger partial charge in [0.15, 0.2) is 5.15 Å². The first-order valence-corrected chi connectivity index (χ1v) is 6.03. The Labute approximate surface area is 111 Å². The molecule has 0 aliphatic rings. The number of hydrogen-bond donors (Lipinski definition) is 1. The van der Waals surface area contributed by atoms with Gasteiger partial charge < -0.3 is 10.1 Å². The van der Waals surface area contributed by atoms with Gasteiger partial charge in [-0.3, -0.25) is 0 Å². The summed E-state index contributed by atoms with van der Waals surface area (Å²) in [5.74, 6) is 0.877. The molecule has 0 unspecified atom stereocenters. The van der Waals surface area contributed by atoms with Crippen LogP contribution in [0.4, 0.5) is 5.69 Å². The SMILES string of the molecule is Cc1cccc(OCCNc2cnnc(Cl)c2)c1. The van der Waals surface area contributed by atoms with Crippen molar-refractivity contribution in [3.63, 3.8) is 0 Å². The van der Waals surface area contributed by atoms with E-state index >= 15 is 0 Å². The largest absolute Gasteiger partial charge is 0.492 e. The van der Waals surface area contributed by atoms with E-state index in [1.54, 1.807) is 12.3 Å². The maximum absolute atomic E-state index is 5.73. The zero-order valence-corrected chi connectivity index (χ0v) is 10.8. The minimum absolute atomic E-state index is 0.375. The number of nitrogens with zero attached hydrogens (tertiary/aromatic N) is 2. The van der Waals surface area contributed by atoms with Crippen molar-refractivity contribution in [2.45, 2.75) is 6.92 Å². The molecular weight excluding hydrogens is 250 g/mol. The van der Waals surface area contributed by atoms with Crippen LogP contribution < -0.4 is 10.1 Å². The standard InChI is InChI=1S/C13H14ClN3O/c1-10-3-2-4-12(7-10)18-6-5-15-11-8-13(14)17-16-9-11/h2-4,7-9H,5-6H2,1H3,(H,15,17). The summed E-state index contributed by atoms with van der Waals surface area (Å²) in [6.45, 7) is 3.29. The Bertz CT molecular complexity index is 472. The minimum Gasteiger partial charge on any atom is -0.492 e. The second-order valence-electron chi connectivity index (χ2n) is 3.86. The van der Waals surface area contributed by atoms with E-state index < -0.39 is 0 Å². The highest BCUT2D eigenvalue weighted by atomic mass is 35.5. The minimum atomic E-state index is 0.375. The highest BCUT2D eigenvalue weighted by Gasteiger charge is 1.96. The summed E-state index contributed by atoms with van der Waals surface area (Å²) in [5.41, 5.74) is 2.02. The van der Waals surface area contributed by atoms with E-state index in [1.807, 2.05) is 31.2 Å². The lowest BCUT2D eigenvalue weighted by atomic mass is 10.2. The van der Waals surface area contributed by atoms with E-state index in [4.69, 9.17) is 16.3 Å². The molecule has 94 valence electrons. The molecule has 0 aliphatic carbocycles. The number of aromatic nitrogens is 2. The molecule has 1 N–H and O–H groups in total. The van der Waals surface area contributed by atoms with Crippen molar-refractivity contribution in [2.24, 2.45) is 0 Å². The van der Waals surface area contributed by atoms with Crippen molar-refractivity contribution in [2.75, 3.05) is 18.5 Å². The van der Waals surface area contributed by atoms with Gasteiger partial charge in [0, 0.05) is 12.6 Å². The highest BCUT2D eigenvalue weighted by molar-refractivity contribution is 6.29. The number of aryl methyl sites for hydroxylation is 1. The van der Waals surface area contributed by atoms with Crippen molar-refractivity contribution in [1.29, 1.82) is 0 Å². The first-order chi connectivity index (χ1) is 8.74. The van der Waals surface area contributed by atoms with Gasteiger partial charge in [-0.1, -0.05) is 23.7 Å². The molecular formula is C13H14ClN3O. The first-order valence-electron chi connectivity index (χ1n) is 5.65. The second kappa shape index (κ2) is 6.21. The van der Waals surface area contributed by atoms with E-state index in [9.17, 15) is 0 Å². The Kier molecular flexibility index (Phi) is 4.36. The van der Waals surface area contributed by atoms with Gasteiger partial charge in [0.25, 0.3) is 0 Å². The van der Waals surface area contributed by atoms with Gasteiger partial charge in [-0.15, -0.1) is 5.10 Å². The van der Waals surface area contributed by atoms with E-state index in [0.29, 0.717) is 18.3 Å². The van der Waals surface area contributed by atoms with Crippen LogP contribution in [0.5, 0.6) is 5.75 Å². The topological polar surface area (TPSA) is 47.0 Å². The van der Waals surface area contributed by atoms with Crippen LogP contribution in [-0.4, -0.2) is 23.3 Å². The van der Waals surface area contributed by atoms with E-state index in [2.05, 4.69) is 15.5 Å². The smallest absolute Gasteiger partial charge is 0.153 e. The average Bonchev–Trinajstić information content (AvgIpc) is 2.35. The lowest BCUT2D eigenvalue weighted by Crippen LogP contribution is -2.11. The highest BCUT2D eigenvalue weighted by Crippen LogP contribution is 2.12. The zero-order chi connectivity index (χ0) is 12.8. The molecule has 0 fully saturated rings. The first kappa shape index (κ1) is 12.6. The summed E-state index contributed by atoms with van der Waals surface area (Å²) < 4.78 is 5.61. The lowest BCUT2D eigenvalue weighted by molar-refractivity contribution is 0.332. The Morgan fingerprint density at radius 3 is 3.00 bits per heavy atom. The van der Waals surface area contributed by atoms with E-state index in [-0.39, 0.29) is 0 Å². The number of benzene rings is 1. The number of hydrogen-bond acceptors (Lipinski definition) is 4. The molecule has 0 atom stereocenters. The third-order valence-corrected chi connectivity index (χ3v) is 2.50. The fourth-order valence-corrected chi connectivity index (χ4v) is 1.67. The van der Waals surface area contributed by atoms with E-state index in [1.165, 1.54) is 5.56 Å². The maximum atomic E-state index is 5.73. The molecule has 1 aromatic heterocycles. The van der Waals surface area contributed by atoms with Gasteiger partial charge in [0.2, 0.25) is 0 Å². The van der Waals surface area contributed by atoms with Gasteiger partial charge >= 0.3 is 0 Å². The lowest BCUT2D eigenvalue weighted by Gasteiger charge is -2.08. The van der Waals surface area contributed by atoms with Gasteiger partial charge in [0.05, 0.1) is 11.9 Å². The summed E-state index contributed by atoms with van der Waals surface area (Å²) in [6, 6.07) is 9.68. The Morgan fingerprint density at radius 2 is 2.22 bits per heavy atom.